The Morgan fingerprint density at radius 1 is 1.50 bits per heavy atom. The van der Waals surface area contributed by atoms with E-state index in [1.807, 2.05) is 6.07 Å². The molecule has 0 amide bonds. The normalized spacial score (nSPS) is 14.8. The van der Waals surface area contributed by atoms with Gasteiger partial charge in [-0.3, -0.25) is 0 Å². The molecule has 1 atom stereocenters. The highest BCUT2D eigenvalue weighted by molar-refractivity contribution is 7.99. The summed E-state index contributed by atoms with van der Waals surface area (Å²) in [7, 11) is 0. The van der Waals surface area contributed by atoms with Crippen LogP contribution in [-0.4, -0.2) is 21.2 Å². The molecule has 1 heterocycles. The van der Waals surface area contributed by atoms with E-state index in [9.17, 15) is 4.21 Å². The third-order valence-electron chi connectivity index (χ3n) is 2.23. The Bertz CT molecular complexity index is 387. The predicted octanol–water partition coefficient (Wildman–Crippen LogP) is 2.48. The molecule has 7 heteroatoms. The molecule has 5 nitrogen and oxygen atoms in total. The van der Waals surface area contributed by atoms with E-state index in [4.69, 9.17) is 4.55 Å². The largest absolute Gasteiger partial charge is 0.361 e. The lowest BCUT2D eigenvalue weighted by atomic mass is 10.3. The predicted molar refractivity (Wildman–Crippen MR) is 69.3 cm³/mol. The highest BCUT2D eigenvalue weighted by Crippen LogP contribution is 2.38. The second-order valence-corrected chi connectivity index (χ2v) is 4.96. The average Bonchev–Trinajstić information content (AvgIpc) is 2.59. The molecule has 0 bridgehead atoms. The SMILES string of the molecule is CCN1CSc2cc(S(=O)O)ccc21.N.N. The van der Waals surface area contributed by atoms with Crippen LogP contribution in [-0.2, 0) is 11.1 Å². The zero-order chi connectivity index (χ0) is 10.1. The molecule has 0 aliphatic carbocycles. The van der Waals surface area contributed by atoms with Crippen molar-refractivity contribution in [1.82, 2.24) is 12.3 Å². The Hall–Kier alpha value is -0.600. The Kier molecular flexibility index (Phi) is 5.98. The number of anilines is 1. The summed E-state index contributed by atoms with van der Waals surface area (Å²) >= 11 is -0.154. The van der Waals surface area contributed by atoms with Gasteiger partial charge >= 0.3 is 0 Å². The van der Waals surface area contributed by atoms with Gasteiger partial charge in [-0.25, -0.2) is 4.21 Å². The fourth-order valence-corrected chi connectivity index (χ4v) is 3.11. The number of thioether (sulfide) groups is 1. The highest BCUT2D eigenvalue weighted by atomic mass is 32.2. The van der Waals surface area contributed by atoms with Crippen LogP contribution in [0, 0.1) is 0 Å². The van der Waals surface area contributed by atoms with Crippen molar-refractivity contribution >= 4 is 28.5 Å². The van der Waals surface area contributed by atoms with E-state index in [-0.39, 0.29) is 12.3 Å². The number of nitrogens with zero attached hydrogens (tertiary/aromatic N) is 1. The fourth-order valence-electron chi connectivity index (χ4n) is 1.46. The van der Waals surface area contributed by atoms with Gasteiger partial charge in [-0.2, -0.15) is 0 Å². The molecule has 92 valence electrons. The van der Waals surface area contributed by atoms with Gasteiger partial charge in [0.05, 0.1) is 16.5 Å². The van der Waals surface area contributed by atoms with Crippen LogP contribution in [0.2, 0.25) is 0 Å². The number of hydrogen-bond acceptors (Lipinski definition) is 5. The summed E-state index contributed by atoms with van der Waals surface area (Å²) in [6, 6.07) is 5.43. The van der Waals surface area contributed by atoms with Crippen molar-refractivity contribution in [2.24, 2.45) is 0 Å². The van der Waals surface area contributed by atoms with Crippen LogP contribution in [0.3, 0.4) is 0 Å². The minimum atomic E-state index is -1.87. The van der Waals surface area contributed by atoms with E-state index in [1.165, 1.54) is 5.69 Å². The molecule has 0 spiro atoms. The van der Waals surface area contributed by atoms with Crippen LogP contribution in [0.5, 0.6) is 0 Å². The molecule has 7 N–H and O–H groups in total. The van der Waals surface area contributed by atoms with Crippen LogP contribution in [0.4, 0.5) is 5.69 Å². The van der Waals surface area contributed by atoms with Crippen LogP contribution < -0.4 is 17.2 Å². The van der Waals surface area contributed by atoms with Crippen molar-refractivity contribution in [2.45, 2.75) is 16.7 Å². The van der Waals surface area contributed by atoms with Crippen molar-refractivity contribution in [3.63, 3.8) is 0 Å². The molecule has 0 saturated heterocycles. The Morgan fingerprint density at radius 3 is 2.75 bits per heavy atom. The lowest BCUT2D eigenvalue weighted by Crippen LogP contribution is -2.17. The smallest absolute Gasteiger partial charge is 0.186 e. The Labute approximate surface area is 102 Å². The van der Waals surface area contributed by atoms with Gasteiger partial charge < -0.3 is 21.8 Å². The zero-order valence-electron chi connectivity index (χ0n) is 9.18. The first kappa shape index (κ1) is 15.4. The van der Waals surface area contributed by atoms with E-state index in [2.05, 4.69) is 11.8 Å². The molecule has 1 unspecified atom stereocenters. The zero-order valence-corrected chi connectivity index (χ0v) is 10.8. The first-order chi connectivity index (χ1) is 6.72. The lowest BCUT2D eigenvalue weighted by Gasteiger charge is -2.14. The third kappa shape index (κ3) is 2.74. The van der Waals surface area contributed by atoms with Gasteiger partial charge in [0.25, 0.3) is 0 Å². The first-order valence-electron chi connectivity index (χ1n) is 4.35. The van der Waals surface area contributed by atoms with Crippen molar-refractivity contribution in [1.29, 1.82) is 0 Å². The molecule has 1 aliphatic heterocycles. The number of hydrogen-bond donors (Lipinski definition) is 3. The molecular formula is C9H17N3O2S2. The maximum Gasteiger partial charge on any atom is 0.186 e. The molecule has 1 aliphatic rings. The van der Waals surface area contributed by atoms with Crippen molar-refractivity contribution < 1.29 is 8.76 Å². The fraction of sp³-hybridized carbons (Fsp3) is 0.333. The van der Waals surface area contributed by atoms with Gasteiger partial charge in [-0.1, -0.05) is 0 Å². The minimum Gasteiger partial charge on any atom is -0.361 e. The standard InChI is InChI=1S/C9H11NO2S2.2H3N/c1-2-10-6-13-9-5-7(14(11)12)3-4-8(9)10;;/h3-5H,2,6H2,1H3,(H,11,12);2*1H3. The molecule has 0 radical (unpaired) electrons. The van der Waals surface area contributed by atoms with Crippen molar-refractivity contribution in [3.05, 3.63) is 18.2 Å². The average molecular weight is 263 g/mol. The quantitative estimate of drug-likeness (QED) is 0.707. The first-order valence-corrected chi connectivity index (χ1v) is 6.44. The minimum absolute atomic E-state index is 0. The van der Waals surface area contributed by atoms with Crippen LogP contribution in [0.15, 0.2) is 28.0 Å². The molecule has 0 aromatic heterocycles. The van der Waals surface area contributed by atoms with Crippen molar-refractivity contribution in [3.8, 4) is 0 Å². The highest BCUT2D eigenvalue weighted by Gasteiger charge is 2.18. The lowest BCUT2D eigenvalue weighted by molar-refractivity contribution is 0.564. The molecule has 0 saturated carbocycles. The van der Waals surface area contributed by atoms with E-state index in [0.717, 1.165) is 17.3 Å². The van der Waals surface area contributed by atoms with Crippen LogP contribution in [0.25, 0.3) is 0 Å². The topological polar surface area (TPSA) is 111 Å². The van der Waals surface area contributed by atoms with E-state index in [1.54, 1.807) is 23.9 Å². The summed E-state index contributed by atoms with van der Waals surface area (Å²) in [5.41, 5.74) is 1.17. The monoisotopic (exact) mass is 263 g/mol. The number of benzene rings is 1. The van der Waals surface area contributed by atoms with Gasteiger partial charge in [0, 0.05) is 11.4 Å². The summed E-state index contributed by atoms with van der Waals surface area (Å²) in [6.45, 7) is 3.08. The van der Waals surface area contributed by atoms with Gasteiger partial charge in [0.15, 0.2) is 11.1 Å². The Balaban J connectivity index is 0.00000112. The third-order valence-corrected chi connectivity index (χ3v) is 3.97. The summed E-state index contributed by atoms with van der Waals surface area (Å²) < 4.78 is 19.8. The van der Waals surface area contributed by atoms with Crippen LogP contribution in [0.1, 0.15) is 6.92 Å². The molecule has 1 aromatic carbocycles. The maximum absolute atomic E-state index is 10.8. The van der Waals surface area contributed by atoms with Crippen LogP contribution >= 0.6 is 11.8 Å². The molecule has 1 aromatic rings. The van der Waals surface area contributed by atoms with E-state index in [0.29, 0.717) is 4.90 Å². The maximum atomic E-state index is 10.8. The number of rotatable bonds is 2. The summed E-state index contributed by atoms with van der Waals surface area (Å²) in [4.78, 5) is 3.82. The van der Waals surface area contributed by atoms with E-state index < -0.39 is 11.1 Å². The molecular weight excluding hydrogens is 246 g/mol. The van der Waals surface area contributed by atoms with Gasteiger partial charge in [-0.15, -0.1) is 11.8 Å². The Morgan fingerprint density at radius 2 is 2.19 bits per heavy atom. The van der Waals surface area contributed by atoms with Crippen molar-refractivity contribution in [2.75, 3.05) is 17.3 Å². The summed E-state index contributed by atoms with van der Waals surface area (Å²) in [6.07, 6.45) is 0. The second-order valence-electron chi connectivity index (χ2n) is 3.01. The van der Waals surface area contributed by atoms with E-state index >= 15 is 0 Å². The van der Waals surface area contributed by atoms with Gasteiger partial charge in [0.1, 0.15) is 0 Å². The second kappa shape index (κ2) is 6.21. The molecule has 2 rings (SSSR count). The number of fused-ring (bicyclic) bond motifs is 1. The molecule has 0 fully saturated rings. The van der Waals surface area contributed by atoms with Gasteiger partial charge in [0.2, 0.25) is 0 Å². The summed E-state index contributed by atoms with van der Waals surface area (Å²) in [5.74, 6) is 0.938. The van der Waals surface area contributed by atoms with Gasteiger partial charge in [-0.05, 0) is 25.1 Å². The summed E-state index contributed by atoms with van der Waals surface area (Å²) in [5, 5.41) is 0. The molecule has 16 heavy (non-hydrogen) atoms.